The van der Waals surface area contributed by atoms with Gasteiger partial charge in [0.25, 0.3) is 5.91 Å². The Kier molecular flexibility index (Phi) is 10.6. The molecule has 14 heteroatoms. The first-order valence-electron chi connectivity index (χ1n) is 16.7. The highest BCUT2D eigenvalue weighted by Crippen LogP contribution is 2.42. The summed E-state index contributed by atoms with van der Waals surface area (Å²) in [5.41, 5.74) is 0.312. The molecule has 2 amide bonds. The number of hydrogen-bond acceptors (Lipinski definition) is 12. The van der Waals surface area contributed by atoms with E-state index < -0.39 is 71.9 Å². The van der Waals surface area contributed by atoms with Crippen molar-refractivity contribution in [3.8, 4) is 0 Å². The molecule has 0 spiro atoms. The molecule has 3 fully saturated rings. The molecule has 3 aliphatic heterocycles. The van der Waals surface area contributed by atoms with Crippen molar-refractivity contribution in [2.75, 3.05) is 13.2 Å². The third-order valence-corrected chi connectivity index (χ3v) is 8.56. The lowest BCUT2D eigenvalue weighted by molar-refractivity contribution is -0.235. The molecule has 4 heterocycles. The van der Waals surface area contributed by atoms with Crippen LogP contribution in [0.25, 0.3) is 11.0 Å². The molecule has 3 aliphatic rings. The largest absolute Gasteiger partial charge is 0.455 e. The first kappa shape index (κ1) is 35.5. The zero-order chi connectivity index (χ0) is 35.5. The van der Waals surface area contributed by atoms with Gasteiger partial charge < -0.3 is 48.2 Å². The minimum absolute atomic E-state index is 0.000587. The van der Waals surface area contributed by atoms with E-state index in [9.17, 15) is 19.2 Å². The third-order valence-electron chi connectivity index (χ3n) is 8.56. The smallest absolute Gasteiger partial charge is 0.408 e. The molecular formula is C36H42N2O12. The molecule has 5 unspecified atom stereocenters. The van der Waals surface area contributed by atoms with E-state index in [1.54, 1.807) is 52.0 Å². The number of unbranched alkanes of at least 4 members (excludes halogenated alkanes) is 1. The summed E-state index contributed by atoms with van der Waals surface area (Å²) in [4.78, 5) is 51.9. The zero-order valence-electron chi connectivity index (χ0n) is 28.4. The van der Waals surface area contributed by atoms with Crippen LogP contribution in [0.4, 0.5) is 4.79 Å². The average molecular weight is 695 g/mol. The van der Waals surface area contributed by atoms with Gasteiger partial charge in [0.05, 0.1) is 6.61 Å². The first-order chi connectivity index (χ1) is 23.9. The van der Waals surface area contributed by atoms with Crippen LogP contribution in [-0.4, -0.2) is 79.4 Å². The molecule has 0 radical (unpaired) electrons. The second kappa shape index (κ2) is 14.9. The van der Waals surface area contributed by atoms with E-state index in [1.165, 1.54) is 6.07 Å². The summed E-state index contributed by atoms with van der Waals surface area (Å²) in [5, 5.41) is 5.98. The van der Waals surface area contributed by atoms with Crippen molar-refractivity contribution in [3.05, 3.63) is 82.2 Å². The molecule has 50 heavy (non-hydrogen) atoms. The van der Waals surface area contributed by atoms with Gasteiger partial charge in [0, 0.05) is 11.9 Å². The van der Waals surface area contributed by atoms with Gasteiger partial charge in [0.1, 0.15) is 36.0 Å². The number of nitrogens with one attached hydrogen (secondary N) is 2. The Hall–Kier alpha value is -4.34. The highest BCUT2D eigenvalue weighted by Gasteiger charge is 2.60. The Morgan fingerprint density at radius 1 is 0.920 bits per heavy atom. The number of alkyl carbamates (subject to hydrolysis) is 1. The summed E-state index contributed by atoms with van der Waals surface area (Å²) in [6, 6.07) is 16.4. The van der Waals surface area contributed by atoms with Crippen LogP contribution in [0.2, 0.25) is 0 Å². The van der Waals surface area contributed by atoms with Gasteiger partial charge >= 0.3 is 17.7 Å². The zero-order valence-corrected chi connectivity index (χ0v) is 28.4. The predicted molar refractivity (Wildman–Crippen MR) is 176 cm³/mol. The van der Waals surface area contributed by atoms with Crippen LogP contribution in [0.5, 0.6) is 0 Å². The lowest BCUT2D eigenvalue weighted by Crippen LogP contribution is -2.49. The normalized spacial score (nSPS) is 25.5. The van der Waals surface area contributed by atoms with Crippen LogP contribution in [0.15, 0.2) is 69.9 Å². The molecule has 0 bridgehead atoms. The van der Waals surface area contributed by atoms with Gasteiger partial charge in [0.15, 0.2) is 30.1 Å². The molecule has 14 nitrogen and oxygen atoms in total. The number of amides is 2. The Labute approximate surface area is 288 Å². The van der Waals surface area contributed by atoms with Gasteiger partial charge in [-0.25, -0.2) is 14.4 Å². The molecule has 3 saturated heterocycles. The van der Waals surface area contributed by atoms with E-state index in [4.69, 9.17) is 37.6 Å². The highest BCUT2D eigenvalue weighted by molar-refractivity contribution is 5.96. The third kappa shape index (κ3) is 8.50. The minimum Gasteiger partial charge on any atom is -0.455 e. The molecule has 1 aromatic heterocycles. The molecule has 0 saturated carbocycles. The van der Waals surface area contributed by atoms with Crippen LogP contribution in [0, 0.1) is 0 Å². The molecule has 6 rings (SSSR count). The van der Waals surface area contributed by atoms with Crippen LogP contribution in [0.3, 0.4) is 0 Å². The van der Waals surface area contributed by atoms with Gasteiger partial charge in [-0.15, -0.1) is 0 Å². The number of para-hydroxylation sites is 1. The lowest BCUT2D eigenvalue weighted by atomic mass is 10.1. The number of esters is 1. The van der Waals surface area contributed by atoms with Gasteiger partial charge in [-0.3, -0.25) is 4.79 Å². The second-order valence-electron chi connectivity index (χ2n) is 13.3. The van der Waals surface area contributed by atoms with Crippen molar-refractivity contribution >= 4 is 28.9 Å². The highest BCUT2D eigenvalue weighted by atomic mass is 16.9. The number of carbonyl (C=O) groups is 3. The van der Waals surface area contributed by atoms with Crippen molar-refractivity contribution in [1.82, 2.24) is 10.6 Å². The van der Waals surface area contributed by atoms with E-state index in [2.05, 4.69) is 10.6 Å². The summed E-state index contributed by atoms with van der Waals surface area (Å²) >= 11 is 0. The maximum absolute atomic E-state index is 13.8. The van der Waals surface area contributed by atoms with E-state index in [1.807, 2.05) is 30.3 Å². The molecule has 2 N–H and O–H groups in total. The Morgan fingerprint density at radius 2 is 1.68 bits per heavy atom. The molecule has 6 atom stereocenters. The fourth-order valence-electron chi connectivity index (χ4n) is 6.18. The van der Waals surface area contributed by atoms with Crippen LogP contribution >= 0.6 is 0 Å². The van der Waals surface area contributed by atoms with E-state index in [-0.39, 0.29) is 31.7 Å². The van der Waals surface area contributed by atoms with E-state index in [0.29, 0.717) is 23.8 Å². The van der Waals surface area contributed by atoms with Crippen molar-refractivity contribution in [2.45, 2.75) is 102 Å². The first-order valence-corrected chi connectivity index (χ1v) is 16.7. The van der Waals surface area contributed by atoms with Gasteiger partial charge in [-0.1, -0.05) is 48.5 Å². The van der Waals surface area contributed by atoms with Crippen molar-refractivity contribution < 1.29 is 52.0 Å². The van der Waals surface area contributed by atoms with Crippen LogP contribution in [0.1, 0.15) is 62.9 Å². The summed E-state index contributed by atoms with van der Waals surface area (Å²) in [6.45, 7) is 7.43. The van der Waals surface area contributed by atoms with Gasteiger partial charge in [-0.05, 0) is 64.7 Å². The molecule has 3 aromatic rings. The molecule has 268 valence electrons. The van der Waals surface area contributed by atoms with Crippen molar-refractivity contribution in [2.24, 2.45) is 0 Å². The fraction of sp³-hybridized carbons (Fsp3) is 0.500. The number of fused-ring (bicyclic) bond motifs is 2. The predicted octanol–water partition coefficient (Wildman–Crippen LogP) is 3.93. The number of ether oxygens (including phenoxy) is 7. The number of hydrogen-bond donors (Lipinski definition) is 2. The number of rotatable bonds is 12. The second-order valence-corrected chi connectivity index (χ2v) is 13.3. The molecular weight excluding hydrogens is 652 g/mol. The maximum Gasteiger partial charge on any atom is 0.408 e. The molecule has 2 aromatic carbocycles. The topological polar surface area (TPSA) is 170 Å². The monoisotopic (exact) mass is 694 g/mol. The summed E-state index contributed by atoms with van der Waals surface area (Å²) < 4.78 is 46.6. The summed E-state index contributed by atoms with van der Waals surface area (Å²) in [6.07, 6.45) is -3.67. The van der Waals surface area contributed by atoms with Crippen molar-refractivity contribution in [1.29, 1.82) is 0 Å². The van der Waals surface area contributed by atoms with Crippen molar-refractivity contribution in [3.63, 3.8) is 0 Å². The number of carbonyl (C=O) groups excluding carboxylic acids is 3. The van der Waals surface area contributed by atoms with Crippen LogP contribution < -0.4 is 16.3 Å². The van der Waals surface area contributed by atoms with E-state index >= 15 is 0 Å². The summed E-state index contributed by atoms with van der Waals surface area (Å²) in [5.74, 6) is -3.14. The quantitative estimate of drug-likeness (QED) is 0.159. The summed E-state index contributed by atoms with van der Waals surface area (Å²) in [7, 11) is 0. The Bertz CT molecular complexity index is 1740. The number of benzene rings is 2. The minimum atomic E-state index is -1.12. The lowest BCUT2D eigenvalue weighted by Gasteiger charge is -2.30. The maximum atomic E-state index is 13.8. The van der Waals surface area contributed by atoms with Gasteiger partial charge in [-0.2, -0.15) is 0 Å². The standard InChI is InChI=1S/C36H42N2O12/c1-35(2)44-20-26(48-35)27-28(29-33(47-27)50-36(3,4)49-29)46-32(41)24(38-34(42)43-19-21-12-6-5-7-13-21)15-10-11-17-37-30(39)23-18-22-14-8-9-16-25(22)45-31(23)40/h5-9,12-14,16,18,24,26-29,33H,10-11,15,17,19-20H2,1-4H3,(H,37,39)(H,38,42)/t24-,26?,27?,28?,29?,33?/m0/s1. The van der Waals surface area contributed by atoms with Crippen LogP contribution in [-0.2, 0) is 44.6 Å². The Balaban J connectivity index is 1.10. The SMILES string of the molecule is CC1(C)OCC(C2OC3OC(C)(C)OC3C2OC(=O)[C@H](CCCCNC(=O)c2cc3ccccc3oc2=O)NC(=O)OCc2ccccc2)O1. The molecule has 0 aliphatic carbocycles. The Morgan fingerprint density at radius 3 is 2.44 bits per heavy atom. The average Bonchev–Trinajstić information content (AvgIpc) is 3.71. The fourth-order valence-corrected chi connectivity index (χ4v) is 6.18. The van der Waals surface area contributed by atoms with Gasteiger partial charge in [0.2, 0.25) is 0 Å². The van der Waals surface area contributed by atoms with E-state index in [0.717, 1.165) is 5.56 Å².